The summed E-state index contributed by atoms with van der Waals surface area (Å²) in [4.78, 5) is 26.0. The van der Waals surface area contributed by atoms with Gasteiger partial charge >= 0.3 is 0 Å². The number of carbonyl (C=O) groups excluding carboxylic acids is 2. The third-order valence-electron chi connectivity index (χ3n) is 4.23. The highest BCUT2D eigenvalue weighted by molar-refractivity contribution is 5.96. The highest BCUT2D eigenvalue weighted by Crippen LogP contribution is 2.21. The van der Waals surface area contributed by atoms with Gasteiger partial charge in [-0.3, -0.25) is 14.3 Å². The van der Waals surface area contributed by atoms with Crippen LogP contribution in [0.3, 0.4) is 0 Å². The Labute approximate surface area is 141 Å². The zero-order valence-electron chi connectivity index (χ0n) is 14.0. The number of benzene rings is 1. The number of rotatable bonds is 5. The van der Waals surface area contributed by atoms with Gasteiger partial charge in [0.05, 0.1) is 12.5 Å². The second-order valence-corrected chi connectivity index (χ2v) is 6.41. The van der Waals surface area contributed by atoms with E-state index in [4.69, 9.17) is 0 Å². The average molecular weight is 326 g/mol. The third kappa shape index (κ3) is 3.64. The van der Waals surface area contributed by atoms with Crippen molar-refractivity contribution >= 4 is 17.6 Å². The number of carbonyl (C=O) groups is 2. The van der Waals surface area contributed by atoms with Crippen molar-refractivity contribution in [3.05, 3.63) is 48.2 Å². The van der Waals surface area contributed by atoms with Gasteiger partial charge in [-0.2, -0.15) is 5.10 Å². The van der Waals surface area contributed by atoms with Crippen molar-refractivity contribution in [2.24, 2.45) is 5.92 Å². The topological polar surface area (TPSA) is 67.2 Å². The summed E-state index contributed by atoms with van der Waals surface area (Å²) in [6, 6.07) is 11.9. The monoisotopic (exact) mass is 326 g/mol. The summed E-state index contributed by atoms with van der Waals surface area (Å²) in [5.41, 5.74) is 1.15. The predicted octanol–water partition coefficient (Wildman–Crippen LogP) is 2.13. The number of nitrogens with zero attached hydrogens (tertiary/aromatic N) is 3. The number of aromatic nitrogens is 2. The fourth-order valence-corrected chi connectivity index (χ4v) is 2.92. The molecule has 0 radical (unpaired) electrons. The summed E-state index contributed by atoms with van der Waals surface area (Å²) >= 11 is 0. The fourth-order valence-electron chi connectivity index (χ4n) is 2.92. The van der Waals surface area contributed by atoms with E-state index in [1.807, 2.05) is 50.4 Å². The van der Waals surface area contributed by atoms with Gasteiger partial charge in [0.1, 0.15) is 0 Å². The number of anilines is 1. The molecule has 1 unspecified atom stereocenters. The van der Waals surface area contributed by atoms with Gasteiger partial charge in [-0.15, -0.1) is 0 Å². The van der Waals surface area contributed by atoms with Crippen LogP contribution in [0, 0.1) is 5.92 Å². The first-order valence-electron chi connectivity index (χ1n) is 8.20. The SMILES string of the molecule is CC(C)N1CC(C(=O)Nc2ccn(Cc3ccccc3)n2)CC1=O. The molecule has 1 atom stereocenters. The maximum atomic E-state index is 12.4. The Morgan fingerprint density at radius 3 is 2.71 bits per heavy atom. The normalized spacial score (nSPS) is 17.5. The lowest BCUT2D eigenvalue weighted by molar-refractivity contribution is -0.129. The minimum atomic E-state index is -0.306. The molecule has 0 bridgehead atoms. The van der Waals surface area contributed by atoms with Crippen molar-refractivity contribution < 1.29 is 9.59 Å². The summed E-state index contributed by atoms with van der Waals surface area (Å²) in [6.07, 6.45) is 2.11. The molecule has 2 amide bonds. The molecule has 3 rings (SSSR count). The van der Waals surface area contributed by atoms with Gasteiger partial charge in [0.25, 0.3) is 0 Å². The van der Waals surface area contributed by atoms with E-state index in [0.717, 1.165) is 5.56 Å². The van der Waals surface area contributed by atoms with Crippen molar-refractivity contribution in [1.29, 1.82) is 0 Å². The van der Waals surface area contributed by atoms with Crippen molar-refractivity contribution in [2.45, 2.75) is 32.9 Å². The maximum absolute atomic E-state index is 12.4. The van der Waals surface area contributed by atoms with E-state index in [1.165, 1.54) is 0 Å². The molecular weight excluding hydrogens is 304 g/mol. The van der Waals surface area contributed by atoms with Crippen molar-refractivity contribution in [1.82, 2.24) is 14.7 Å². The van der Waals surface area contributed by atoms with Crippen LogP contribution in [-0.4, -0.2) is 39.1 Å². The first-order valence-corrected chi connectivity index (χ1v) is 8.20. The van der Waals surface area contributed by atoms with E-state index in [-0.39, 0.29) is 30.2 Å². The van der Waals surface area contributed by atoms with Crippen LogP contribution in [0.5, 0.6) is 0 Å². The van der Waals surface area contributed by atoms with Crippen LogP contribution in [0.4, 0.5) is 5.82 Å². The molecule has 0 aliphatic carbocycles. The lowest BCUT2D eigenvalue weighted by Crippen LogP contribution is -2.33. The van der Waals surface area contributed by atoms with Crippen LogP contribution in [-0.2, 0) is 16.1 Å². The number of amides is 2. The molecule has 1 aliphatic rings. The van der Waals surface area contributed by atoms with Crippen LogP contribution in [0.2, 0.25) is 0 Å². The van der Waals surface area contributed by atoms with Gasteiger partial charge in [0.15, 0.2) is 5.82 Å². The molecule has 24 heavy (non-hydrogen) atoms. The van der Waals surface area contributed by atoms with Crippen LogP contribution in [0.25, 0.3) is 0 Å². The van der Waals surface area contributed by atoms with Crippen LogP contribution < -0.4 is 5.32 Å². The molecule has 2 aromatic rings. The average Bonchev–Trinajstić information content (AvgIpc) is 3.15. The van der Waals surface area contributed by atoms with Gasteiger partial charge in [-0.05, 0) is 19.4 Å². The Morgan fingerprint density at radius 2 is 2.04 bits per heavy atom. The van der Waals surface area contributed by atoms with E-state index in [2.05, 4.69) is 10.4 Å². The molecule has 1 aromatic carbocycles. The van der Waals surface area contributed by atoms with Crippen molar-refractivity contribution in [3.8, 4) is 0 Å². The summed E-state index contributed by atoms with van der Waals surface area (Å²) in [7, 11) is 0. The van der Waals surface area contributed by atoms with Gasteiger partial charge in [-0.1, -0.05) is 30.3 Å². The van der Waals surface area contributed by atoms with Crippen molar-refractivity contribution in [3.63, 3.8) is 0 Å². The number of likely N-dealkylation sites (tertiary alicyclic amines) is 1. The van der Waals surface area contributed by atoms with E-state index < -0.39 is 0 Å². The highest BCUT2D eigenvalue weighted by atomic mass is 16.2. The molecular formula is C18H22N4O2. The largest absolute Gasteiger partial charge is 0.339 e. The molecule has 1 N–H and O–H groups in total. The van der Waals surface area contributed by atoms with Crippen molar-refractivity contribution in [2.75, 3.05) is 11.9 Å². The quantitative estimate of drug-likeness (QED) is 0.915. The third-order valence-corrected chi connectivity index (χ3v) is 4.23. The molecule has 1 aliphatic heterocycles. The predicted molar refractivity (Wildman–Crippen MR) is 91.4 cm³/mol. The maximum Gasteiger partial charge on any atom is 0.230 e. The van der Waals surface area contributed by atoms with Gasteiger partial charge in [0, 0.05) is 31.3 Å². The lowest BCUT2D eigenvalue weighted by atomic mass is 10.1. The Hall–Kier alpha value is -2.63. The number of hydrogen-bond donors (Lipinski definition) is 1. The molecule has 2 heterocycles. The minimum absolute atomic E-state index is 0.0414. The molecule has 0 spiro atoms. The Morgan fingerprint density at radius 1 is 1.29 bits per heavy atom. The molecule has 1 saturated heterocycles. The summed E-state index contributed by atoms with van der Waals surface area (Å²) in [5.74, 6) is 0.113. The second kappa shape index (κ2) is 6.86. The first-order chi connectivity index (χ1) is 11.5. The summed E-state index contributed by atoms with van der Waals surface area (Å²) in [6.45, 7) is 5.06. The highest BCUT2D eigenvalue weighted by Gasteiger charge is 2.35. The van der Waals surface area contributed by atoms with Gasteiger partial charge in [-0.25, -0.2) is 0 Å². The van der Waals surface area contributed by atoms with Gasteiger partial charge < -0.3 is 10.2 Å². The zero-order valence-corrected chi connectivity index (χ0v) is 14.0. The van der Waals surface area contributed by atoms with E-state index in [9.17, 15) is 9.59 Å². The number of nitrogens with one attached hydrogen (secondary N) is 1. The molecule has 126 valence electrons. The van der Waals surface area contributed by atoms with E-state index >= 15 is 0 Å². The Kier molecular flexibility index (Phi) is 4.64. The standard InChI is InChI=1S/C18H22N4O2/c1-13(2)22-12-15(10-17(22)23)18(24)19-16-8-9-21(20-16)11-14-6-4-3-5-7-14/h3-9,13,15H,10-12H2,1-2H3,(H,19,20,24). The molecule has 0 saturated carbocycles. The lowest BCUT2D eigenvalue weighted by Gasteiger charge is -2.20. The Balaban J connectivity index is 1.59. The molecule has 6 heteroatoms. The van der Waals surface area contributed by atoms with E-state index in [1.54, 1.807) is 15.6 Å². The molecule has 1 fully saturated rings. The smallest absolute Gasteiger partial charge is 0.230 e. The van der Waals surface area contributed by atoms with Crippen LogP contribution in [0.15, 0.2) is 42.6 Å². The fraction of sp³-hybridized carbons (Fsp3) is 0.389. The number of hydrogen-bond acceptors (Lipinski definition) is 3. The van der Waals surface area contributed by atoms with Crippen LogP contribution in [0.1, 0.15) is 25.8 Å². The molecule has 1 aromatic heterocycles. The van der Waals surface area contributed by atoms with Crippen LogP contribution >= 0.6 is 0 Å². The Bertz CT molecular complexity index is 724. The van der Waals surface area contributed by atoms with Gasteiger partial charge in [0.2, 0.25) is 11.8 Å². The minimum Gasteiger partial charge on any atom is -0.339 e. The van der Waals surface area contributed by atoms with E-state index in [0.29, 0.717) is 18.9 Å². The summed E-state index contributed by atoms with van der Waals surface area (Å²) in [5, 5.41) is 7.20. The summed E-state index contributed by atoms with van der Waals surface area (Å²) < 4.78 is 1.78. The zero-order chi connectivity index (χ0) is 17.1. The first kappa shape index (κ1) is 16.2. The second-order valence-electron chi connectivity index (χ2n) is 6.41. The molecule has 6 nitrogen and oxygen atoms in total.